The van der Waals surface area contributed by atoms with Crippen molar-refractivity contribution < 1.29 is 18.4 Å². The van der Waals surface area contributed by atoms with Crippen LogP contribution in [0.15, 0.2) is 47.0 Å². The number of methoxy groups -OCH3 is 1. The lowest BCUT2D eigenvalue weighted by Crippen LogP contribution is -2.48. The first-order chi connectivity index (χ1) is 16.4. The summed E-state index contributed by atoms with van der Waals surface area (Å²) in [6.07, 6.45) is 0.749. The van der Waals surface area contributed by atoms with Gasteiger partial charge in [0, 0.05) is 51.1 Å². The predicted molar refractivity (Wildman–Crippen MR) is 127 cm³/mol. The third-order valence-electron chi connectivity index (χ3n) is 6.20. The van der Waals surface area contributed by atoms with Crippen LogP contribution >= 0.6 is 0 Å². The van der Waals surface area contributed by atoms with E-state index in [-0.39, 0.29) is 17.5 Å². The second-order valence-electron chi connectivity index (χ2n) is 8.91. The van der Waals surface area contributed by atoms with Gasteiger partial charge in [0.1, 0.15) is 0 Å². The number of carbonyl (C=O) groups is 1. The zero-order valence-corrected chi connectivity index (χ0v) is 20.0. The Hall–Kier alpha value is -3.26. The second-order valence-corrected chi connectivity index (χ2v) is 8.91. The summed E-state index contributed by atoms with van der Waals surface area (Å²) in [7, 11) is 1.46. The van der Waals surface area contributed by atoms with Gasteiger partial charge in [0.25, 0.3) is 0 Å². The lowest BCUT2D eigenvalue weighted by atomic mass is 10.0. The summed E-state index contributed by atoms with van der Waals surface area (Å²) in [5, 5.41) is 4.07. The Balaban J connectivity index is 1.23. The number of rotatable bonds is 8. The van der Waals surface area contributed by atoms with E-state index in [1.54, 1.807) is 6.07 Å². The van der Waals surface area contributed by atoms with Crippen LogP contribution in [-0.4, -0.2) is 59.1 Å². The van der Waals surface area contributed by atoms with Gasteiger partial charge < -0.3 is 14.2 Å². The highest BCUT2D eigenvalue weighted by atomic mass is 19.1. The molecule has 4 rings (SSSR count). The van der Waals surface area contributed by atoms with Crippen LogP contribution in [-0.2, 0) is 17.8 Å². The number of amides is 1. The normalized spacial score (nSPS) is 14.6. The fourth-order valence-electron chi connectivity index (χ4n) is 4.08. The Kier molecular flexibility index (Phi) is 7.57. The van der Waals surface area contributed by atoms with Gasteiger partial charge in [-0.3, -0.25) is 9.69 Å². The van der Waals surface area contributed by atoms with E-state index in [0.29, 0.717) is 50.1 Å². The standard InChI is InChI=1S/C26H31FN4O3/c1-18(2)20-5-7-21(8-6-20)26-28-24(34-29-26)10-11-25(32)31-14-12-30(13-15-31)17-19-4-9-23(33-3)22(27)16-19/h4-9,16,18H,10-15,17H2,1-3H3. The monoisotopic (exact) mass is 466 g/mol. The number of nitrogens with zero attached hydrogens (tertiary/aromatic N) is 4. The summed E-state index contributed by atoms with van der Waals surface area (Å²) in [5.74, 6) is 1.45. The summed E-state index contributed by atoms with van der Waals surface area (Å²) in [6.45, 7) is 7.74. The molecule has 0 saturated carbocycles. The molecule has 1 amide bonds. The Morgan fingerprint density at radius 1 is 1.12 bits per heavy atom. The first kappa shape index (κ1) is 23.9. The van der Waals surface area contributed by atoms with E-state index in [9.17, 15) is 9.18 Å². The van der Waals surface area contributed by atoms with E-state index in [0.717, 1.165) is 24.2 Å². The molecule has 0 atom stereocenters. The van der Waals surface area contributed by atoms with Crippen molar-refractivity contribution in [1.82, 2.24) is 19.9 Å². The molecule has 1 aliphatic rings. The molecule has 0 unspecified atom stereocenters. The minimum atomic E-state index is -0.356. The zero-order valence-electron chi connectivity index (χ0n) is 20.0. The molecular weight excluding hydrogens is 435 g/mol. The van der Waals surface area contributed by atoms with Crippen molar-refractivity contribution in [3.63, 3.8) is 0 Å². The Morgan fingerprint density at radius 3 is 2.50 bits per heavy atom. The fraction of sp³-hybridized carbons (Fsp3) is 0.423. The van der Waals surface area contributed by atoms with E-state index < -0.39 is 0 Å². The van der Waals surface area contributed by atoms with Crippen LogP contribution in [0.2, 0.25) is 0 Å². The summed E-state index contributed by atoms with van der Waals surface area (Å²) in [4.78, 5) is 21.2. The van der Waals surface area contributed by atoms with E-state index >= 15 is 0 Å². The van der Waals surface area contributed by atoms with E-state index in [1.807, 2.05) is 23.1 Å². The second kappa shape index (κ2) is 10.8. The Bertz CT molecular complexity index is 1110. The molecule has 2 heterocycles. The largest absolute Gasteiger partial charge is 0.494 e. The summed E-state index contributed by atoms with van der Waals surface area (Å²) in [5.41, 5.74) is 3.05. The smallest absolute Gasteiger partial charge is 0.227 e. The number of aryl methyl sites for hydroxylation is 1. The Morgan fingerprint density at radius 2 is 1.85 bits per heavy atom. The van der Waals surface area contributed by atoms with Crippen molar-refractivity contribution in [3.05, 3.63) is 65.3 Å². The number of benzene rings is 2. The van der Waals surface area contributed by atoms with Crippen molar-refractivity contribution >= 4 is 5.91 Å². The molecule has 0 N–H and O–H groups in total. The highest BCUT2D eigenvalue weighted by Gasteiger charge is 2.22. The number of halogens is 1. The highest BCUT2D eigenvalue weighted by Crippen LogP contribution is 2.21. The van der Waals surface area contributed by atoms with Gasteiger partial charge in [0.05, 0.1) is 7.11 Å². The third kappa shape index (κ3) is 5.80. The lowest BCUT2D eigenvalue weighted by Gasteiger charge is -2.34. The molecule has 1 aromatic heterocycles. The minimum Gasteiger partial charge on any atom is -0.494 e. The molecule has 1 fully saturated rings. The van der Waals surface area contributed by atoms with Crippen molar-refractivity contribution in [3.8, 4) is 17.1 Å². The van der Waals surface area contributed by atoms with Gasteiger partial charge in [0.15, 0.2) is 11.6 Å². The van der Waals surface area contributed by atoms with Crippen LogP contribution in [0.4, 0.5) is 4.39 Å². The quantitative estimate of drug-likeness (QED) is 0.493. The van der Waals surface area contributed by atoms with Crippen LogP contribution in [0.1, 0.15) is 43.2 Å². The van der Waals surface area contributed by atoms with Gasteiger partial charge in [-0.05, 0) is 29.2 Å². The van der Waals surface area contributed by atoms with Gasteiger partial charge in [-0.25, -0.2) is 4.39 Å². The van der Waals surface area contributed by atoms with Crippen molar-refractivity contribution in [2.75, 3.05) is 33.3 Å². The highest BCUT2D eigenvalue weighted by molar-refractivity contribution is 5.76. The zero-order chi connectivity index (χ0) is 24.1. The minimum absolute atomic E-state index is 0.0798. The molecule has 2 aromatic carbocycles. The fourth-order valence-corrected chi connectivity index (χ4v) is 4.08. The summed E-state index contributed by atoms with van der Waals surface area (Å²) >= 11 is 0. The van der Waals surface area contributed by atoms with E-state index in [4.69, 9.17) is 9.26 Å². The molecule has 0 radical (unpaired) electrons. The van der Waals surface area contributed by atoms with Crippen LogP contribution in [0.5, 0.6) is 5.75 Å². The topological polar surface area (TPSA) is 71.7 Å². The number of hydrogen-bond acceptors (Lipinski definition) is 6. The molecule has 34 heavy (non-hydrogen) atoms. The van der Waals surface area contributed by atoms with Crippen molar-refractivity contribution in [2.45, 2.75) is 39.2 Å². The Labute approximate surface area is 199 Å². The SMILES string of the molecule is COc1ccc(CN2CCN(C(=O)CCc3nc(-c4ccc(C(C)C)cc4)no3)CC2)cc1F. The van der Waals surface area contributed by atoms with Crippen LogP contribution < -0.4 is 4.74 Å². The van der Waals surface area contributed by atoms with Crippen LogP contribution in [0, 0.1) is 5.82 Å². The summed E-state index contributed by atoms with van der Waals surface area (Å²) < 4.78 is 24.3. The molecule has 0 bridgehead atoms. The predicted octanol–water partition coefficient (Wildman–Crippen LogP) is 4.28. The number of hydrogen-bond donors (Lipinski definition) is 0. The molecule has 180 valence electrons. The molecule has 1 aliphatic heterocycles. The first-order valence-electron chi connectivity index (χ1n) is 11.7. The molecule has 0 aliphatic carbocycles. The number of carbonyl (C=O) groups excluding carboxylic acids is 1. The summed E-state index contributed by atoms with van der Waals surface area (Å²) in [6, 6.07) is 13.2. The van der Waals surface area contributed by atoms with Crippen LogP contribution in [0.25, 0.3) is 11.4 Å². The maximum absolute atomic E-state index is 13.9. The number of ether oxygens (including phenoxy) is 1. The number of aromatic nitrogens is 2. The van der Waals surface area contributed by atoms with Gasteiger partial charge in [-0.1, -0.05) is 49.3 Å². The average molecular weight is 467 g/mol. The maximum Gasteiger partial charge on any atom is 0.227 e. The molecule has 7 nitrogen and oxygen atoms in total. The molecule has 8 heteroatoms. The van der Waals surface area contributed by atoms with Gasteiger partial charge in [-0.15, -0.1) is 0 Å². The lowest BCUT2D eigenvalue weighted by molar-refractivity contribution is -0.133. The van der Waals surface area contributed by atoms with Gasteiger partial charge in [-0.2, -0.15) is 4.98 Å². The maximum atomic E-state index is 13.9. The molecule has 1 saturated heterocycles. The van der Waals surface area contributed by atoms with Crippen molar-refractivity contribution in [2.24, 2.45) is 0 Å². The van der Waals surface area contributed by atoms with Gasteiger partial charge in [0.2, 0.25) is 17.6 Å². The average Bonchev–Trinajstić information content (AvgIpc) is 3.32. The first-order valence-corrected chi connectivity index (χ1v) is 11.7. The molecule has 0 spiro atoms. The van der Waals surface area contributed by atoms with E-state index in [1.165, 1.54) is 18.7 Å². The molecular formula is C26H31FN4O3. The van der Waals surface area contributed by atoms with E-state index in [2.05, 4.69) is 41.0 Å². The van der Waals surface area contributed by atoms with Crippen molar-refractivity contribution in [1.29, 1.82) is 0 Å². The number of piperazine rings is 1. The molecule has 3 aromatic rings. The van der Waals surface area contributed by atoms with Crippen LogP contribution in [0.3, 0.4) is 0 Å². The van der Waals surface area contributed by atoms with Gasteiger partial charge >= 0.3 is 0 Å². The third-order valence-corrected chi connectivity index (χ3v) is 6.20.